The highest BCUT2D eigenvalue weighted by Crippen LogP contribution is 2.29. The Bertz CT molecular complexity index is 673. The molecular weight excluding hydrogens is 304 g/mol. The van der Waals surface area contributed by atoms with Crippen molar-refractivity contribution in [3.63, 3.8) is 0 Å². The van der Waals surface area contributed by atoms with E-state index in [0.29, 0.717) is 24.8 Å². The van der Waals surface area contributed by atoms with Gasteiger partial charge < -0.3 is 9.47 Å². The Kier molecular flexibility index (Phi) is 4.32. The molecule has 1 saturated carbocycles. The first-order valence-electron chi connectivity index (χ1n) is 8.88. The maximum Gasteiger partial charge on any atom is 0.223 e. The first-order chi connectivity index (χ1) is 11.8. The molecule has 2 aliphatic rings. The van der Waals surface area contributed by atoms with E-state index in [1.165, 1.54) is 25.7 Å². The van der Waals surface area contributed by atoms with Gasteiger partial charge in [0.1, 0.15) is 18.5 Å². The monoisotopic (exact) mass is 328 g/mol. The van der Waals surface area contributed by atoms with Crippen LogP contribution in [0.25, 0.3) is 0 Å². The molecule has 7 heteroatoms. The zero-order valence-corrected chi connectivity index (χ0v) is 13.9. The third kappa shape index (κ3) is 3.34. The van der Waals surface area contributed by atoms with Gasteiger partial charge in [0, 0.05) is 44.4 Å². The summed E-state index contributed by atoms with van der Waals surface area (Å²) in [7, 11) is 0. The van der Waals surface area contributed by atoms with Crippen molar-refractivity contribution in [3.05, 3.63) is 30.9 Å². The second-order valence-corrected chi connectivity index (χ2v) is 7.11. The van der Waals surface area contributed by atoms with Gasteiger partial charge in [0.2, 0.25) is 5.91 Å². The summed E-state index contributed by atoms with van der Waals surface area (Å²) in [4.78, 5) is 23.3. The van der Waals surface area contributed by atoms with E-state index in [1.807, 2.05) is 22.0 Å². The predicted molar refractivity (Wildman–Crippen MR) is 87.7 cm³/mol. The van der Waals surface area contributed by atoms with Gasteiger partial charge in [-0.3, -0.25) is 9.48 Å². The van der Waals surface area contributed by atoms with Gasteiger partial charge in [0.05, 0.1) is 6.54 Å². The van der Waals surface area contributed by atoms with Crippen LogP contribution in [0.15, 0.2) is 25.0 Å². The molecule has 0 unspecified atom stereocenters. The van der Waals surface area contributed by atoms with Crippen molar-refractivity contribution in [3.8, 4) is 0 Å². The van der Waals surface area contributed by atoms with E-state index in [2.05, 4.69) is 19.6 Å². The molecule has 1 atom stereocenters. The van der Waals surface area contributed by atoms with Gasteiger partial charge in [-0.15, -0.1) is 0 Å². The minimum Gasteiger partial charge on any atom is -0.335 e. The molecule has 0 bridgehead atoms. The Morgan fingerprint density at radius 1 is 1.21 bits per heavy atom. The summed E-state index contributed by atoms with van der Waals surface area (Å²) in [5.74, 6) is 2.15. The van der Waals surface area contributed by atoms with Gasteiger partial charge in [-0.1, -0.05) is 12.8 Å². The van der Waals surface area contributed by atoms with Crippen molar-refractivity contribution in [2.45, 2.75) is 51.7 Å². The molecule has 24 heavy (non-hydrogen) atoms. The molecule has 2 aromatic rings. The molecule has 2 aromatic heterocycles. The highest BCUT2D eigenvalue weighted by molar-refractivity contribution is 5.76. The minimum absolute atomic E-state index is 0.280. The van der Waals surface area contributed by atoms with Gasteiger partial charge >= 0.3 is 0 Å². The molecule has 1 amide bonds. The zero-order chi connectivity index (χ0) is 16.4. The number of carbonyl (C=O) groups is 1. The predicted octanol–water partition coefficient (Wildman–Crippen LogP) is 1.71. The minimum atomic E-state index is 0.280. The number of carbonyl (C=O) groups excluding carboxylic acids is 1. The molecule has 0 radical (unpaired) electrons. The molecule has 128 valence electrons. The van der Waals surface area contributed by atoms with Crippen molar-refractivity contribution >= 4 is 5.91 Å². The van der Waals surface area contributed by atoms with E-state index in [9.17, 15) is 4.79 Å². The van der Waals surface area contributed by atoms with Crippen LogP contribution in [-0.2, 0) is 24.4 Å². The summed E-state index contributed by atoms with van der Waals surface area (Å²) in [6.45, 7) is 3.01. The van der Waals surface area contributed by atoms with Gasteiger partial charge in [0.25, 0.3) is 0 Å². The molecule has 3 heterocycles. The van der Waals surface area contributed by atoms with Crippen LogP contribution in [0.1, 0.15) is 37.9 Å². The highest BCUT2D eigenvalue weighted by atomic mass is 16.2. The zero-order valence-electron chi connectivity index (χ0n) is 13.9. The fourth-order valence-electron chi connectivity index (χ4n) is 4.03. The maximum atomic E-state index is 12.8. The largest absolute Gasteiger partial charge is 0.335 e. The van der Waals surface area contributed by atoms with Crippen LogP contribution in [0, 0.1) is 11.8 Å². The first-order valence-corrected chi connectivity index (χ1v) is 8.88. The Balaban J connectivity index is 1.49. The van der Waals surface area contributed by atoms with Crippen LogP contribution in [-0.4, -0.2) is 41.7 Å². The number of nitrogens with zero attached hydrogens (tertiary/aromatic N) is 6. The molecule has 0 spiro atoms. The Hall–Kier alpha value is -2.18. The smallest absolute Gasteiger partial charge is 0.223 e. The third-order valence-corrected chi connectivity index (χ3v) is 5.27. The maximum absolute atomic E-state index is 12.8. The Morgan fingerprint density at radius 3 is 2.88 bits per heavy atom. The van der Waals surface area contributed by atoms with Gasteiger partial charge in [-0.05, 0) is 18.8 Å². The molecule has 0 N–H and O–H groups in total. The topological polar surface area (TPSA) is 68.8 Å². The van der Waals surface area contributed by atoms with E-state index >= 15 is 0 Å². The Labute approximate surface area is 141 Å². The van der Waals surface area contributed by atoms with Gasteiger partial charge in [0.15, 0.2) is 0 Å². The van der Waals surface area contributed by atoms with E-state index < -0.39 is 0 Å². The molecule has 4 rings (SSSR count). The lowest BCUT2D eigenvalue weighted by molar-refractivity contribution is -0.133. The number of rotatable bonds is 4. The van der Waals surface area contributed by atoms with E-state index in [-0.39, 0.29) is 5.91 Å². The average Bonchev–Trinajstić information content (AvgIpc) is 3.30. The second-order valence-electron chi connectivity index (χ2n) is 7.11. The standard InChI is InChI=1S/C17H24N6O/c24-17(7-14-3-1-2-4-14)22-9-15(10-23-13-18-12-20-23)8-21-6-5-19-16(21)11-22/h5-6,12-15H,1-4,7-11H2/t15-/m0/s1. The third-order valence-electron chi connectivity index (χ3n) is 5.27. The van der Waals surface area contributed by atoms with Crippen LogP contribution in [0.2, 0.25) is 0 Å². The number of hydrogen-bond acceptors (Lipinski definition) is 4. The van der Waals surface area contributed by atoms with Crippen LogP contribution in [0.4, 0.5) is 0 Å². The summed E-state index contributed by atoms with van der Waals surface area (Å²) in [5, 5.41) is 4.21. The Morgan fingerprint density at radius 2 is 2.08 bits per heavy atom. The molecule has 7 nitrogen and oxygen atoms in total. The summed E-state index contributed by atoms with van der Waals surface area (Å²) < 4.78 is 4.02. The van der Waals surface area contributed by atoms with E-state index in [4.69, 9.17) is 0 Å². The SMILES string of the molecule is O=C(CC1CCCC1)N1Cc2nccn2C[C@H](Cn2cncn2)C1. The number of imidazole rings is 1. The molecule has 0 aromatic carbocycles. The second kappa shape index (κ2) is 6.75. The van der Waals surface area contributed by atoms with Crippen LogP contribution in [0.5, 0.6) is 0 Å². The fraction of sp³-hybridized carbons (Fsp3) is 0.647. The van der Waals surface area contributed by atoms with Crippen LogP contribution in [0.3, 0.4) is 0 Å². The number of fused-ring (bicyclic) bond motifs is 1. The average molecular weight is 328 g/mol. The quantitative estimate of drug-likeness (QED) is 0.857. The summed E-state index contributed by atoms with van der Waals surface area (Å²) in [5.41, 5.74) is 0. The lowest BCUT2D eigenvalue weighted by atomic mass is 10.0. The van der Waals surface area contributed by atoms with Crippen molar-refractivity contribution < 1.29 is 4.79 Å². The van der Waals surface area contributed by atoms with Crippen LogP contribution >= 0.6 is 0 Å². The van der Waals surface area contributed by atoms with Crippen LogP contribution < -0.4 is 0 Å². The molecule has 1 aliphatic carbocycles. The number of amides is 1. The molecular formula is C17H24N6O. The molecule has 1 fully saturated rings. The van der Waals surface area contributed by atoms with E-state index in [0.717, 1.165) is 25.5 Å². The summed E-state index contributed by atoms with van der Waals surface area (Å²) in [6, 6.07) is 0. The van der Waals surface area contributed by atoms with Gasteiger partial charge in [-0.2, -0.15) is 5.10 Å². The number of hydrogen-bond donors (Lipinski definition) is 0. The van der Waals surface area contributed by atoms with E-state index in [1.54, 1.807) is 12.7 Å². The molecule has 0 saturated heterocycles. The highest BCUT2D eigenvalue weighted by Gasteiger charge is 2.28. The van der Waals surface area contributed by atoms with Crippen molar-refractivity contribution in [1.82, 2.24) is 29.2 Å². The summed E-state index contributed by atoms with van der Waals surface area (Å²) in [6.07, 6.45) is 12.8. The van der Waals surface area contributed by atoms with Gasteiger partial charge in [-0.25, -0.2) is 9.97 Å². The lowest BCUT2D eigenvalue weighted by Crippen LogP contribution is -2.36. The normalized spacial score (nSPS) is 21.7. The van der Waals surface area contributed by atoms with Crippen molar-refractivity contribution in [2.24, 2.45) is 11.8 Å². The summed E-state index contributed by atoms with van der Waals surface area (Å²) >= 11 is 0. The van der Waals surface area contributed by atoms with Crippen molar-refractivity contribution in [2.75, 3.05) is 6.54 Å². The number of aromatic nitrogens is 5. The molecule has 1 aliphatic heterocycles. The first kappa shape index (κ1) is 15.4. The lowest BCUT2D eigenvalue weighted by Gasteiger charge is -2.25. The van der Waals surface area contributed by atoms with Crippen molar-refractivity contribution in [1.29, 1.82) is 0 Å². The fourth-order valence-corrected chi connectivity index (χ4v) is 4.03.